The lowest BCUT2D eigenvalue weighted by Crippen LogP contribution is -2.64. The van der Waals surface area contributed by atoms with Crippen molar-refractivity contribution in [3.63, 3.8) is 0 Å². The summed E-state index contributed by atoms with van der Waals surface area (Å²) in [6.07, 6.45) is 7.14. The SMILES string of the molecule is C=CCn1ccc2cc(OC3CCC(C=C(C)C4OC(=O)C5CCCCN5C(=O)C(=O)C5(O)OC(C(OC)CC(C)C(O)/C(C)=C/C(CC)C(=O)CCC4C)C(OC)CC5C)CC3O)ccc21. The van der Waals surface area contributed by atoms with E-state index in [2.05, 4.69) is 17.2 Å². The van der Waals surface area contributed by atoms with Gasteiger partial charge in [0.15, 0.2) is 0 Å². The van der Waals surface area contributed by atoms with Crippen LogP contribution in [0.5, 0.6) is 5.75 Å². The maximum Gasteiger partial charge on any atom is 0.329 e. The number of hydrogen-bond donors (Lipinski definition) is 3. The van der Waals surface area contributed by atoms with E-state index in [1.54, 1.807) is 13.8 Å². The fourth-order valence-corrected chi connectivity index (χ4v) is 10.9. The van der Waals surface area contributed by atoms with Crippen molar-refractivity contribution in [3.05, 3.63) is 66.4 Å². The molecule has 3 fully saturated rings. The number of aliphatic hydroxyl groups excluding tert-OH is 2. The summed E-state index contributed by atoms with van der Waals surface area (Å²) in [5.41, 5.74) is 2.46. The summed E-state index contributed by atoms with van der Waals surface area (Å²) < 4.78 is 32.8. The molecule has 3 aliphatic heterocycles. The predicted octanol–water partition coefficient (Wildman–Crippen LogP) is 7.05. The van der Waals surface area contributed by atoms with Gasteiger partial charge in [0, 0.05) is 62.7 Å². The van der Waals surface area contributed by atoms with Gasteiger partial charge in [-0.3, -0.25) is 14.4 Å². The van der Waals surface area contributed by atoms with Crippen molar-refractivity contribution in [2.75, 3.05) is 20.8 Å². The zero-order valence-electron chi connectivity index (χ0n) is 40.9. The number of benzene rings is 1. The van der Waals surface area contributed by atoms with Crippen molar-refractivity contribution < 1.29 is 58.2 Å². The molecule has 67 heavy (non-hydrogen) atoms. The molecule has 3 N–H and O–H groups in total. The van der Waals surface area contributed by atoms with Crippen LogP contribution < -0.4 is 4.74 Å². The second-order valence-corrected chi connectivity index (χ2v) is 19.9. The van der Waals surface area contributed by atoms with Crippen molar-refractivity contribution in [2.24, 2.45) is 29.6 Å². The molecule has 2 bridgehead atoms. The zero-order valence-corrected chi connectivity index (χ0v) is 40.9. The third kappa shape index (κ3) is 11.8. The van der Waals surface area contributed by atoms with E-state index in [-0.39, 0.29) is 49.8 Å². The van der Waals surface area contributed by atoms with E-state index in [9.17, 15) is 34.5 Å². The van der Waals surface area contributed by atoms with Crippen LogP contribution in [0.1, 0.15) is 112 Å². The van der Waals surface area contributed by atoms with E-state index >= 15 is 0 Å². The van der Waals surface area contributed by atoms with Gasteiger partial charge in [-0.05, 0) is 131 Å². The molecule has 1 aliphatic carbocycles. The highest BCUT2D eigenvalue weighted by Gasteiger charge is 2.56. The molecule has 2 aromatic rings. The van der Waals surface area contributed by atoms with Crippen molar-refractivity contribution >= 4 is 34.3 Å². The number of nitrogens with zero attached hydrogens (tertiary/aromatic N) is 2. The highest BCUT2D eigenvalue weighted by atomic mass is 16.7. The minimum Gasteiger partial charge on any atom is -0.488 e. The number of ketones is 2. The fourth-order valence-electron chi connectivity index (χ4n) is 10.9. The van der Waals surface area contributed by atoms with Gasteiger partial charge in [0.05, 0.1) is 24.4 Å². The molecular formula is C53H76N2O12. The van der Waals surface area contributed by atoms with E-state index in [1.807, 2.05) is 70.3 Å². The standard InChI is InChI=1S/C53H76N2O12/c1-10-22-54-24-21-38-30-39(17-18-40(38)54)65-44-20-16-36(29-43(44)57)25-34(6)48-31(3)15-19-42(56)37(11-2)26-32(4)47(58)33(5)27-45(63-8)49-46(64-9)28-35(7)53(62,67-49)50(59)51(60)55-23-13-12-14-41(55)52(61)66-48/h10,17-18,21,24-26,30-31,33,35-37,41,43-49,57-58,62H,1,11-16,19-20,22-23,27-29H2,2-9H3/b32-26+,34-25?. The number of fused-ring (bicyclic) bond motifs is 4. The monoisotopic (exact) mass is 933 g/mol. The van der Waals surface area contributed by atoms with Crippen LogP contribution in [0, 0.1) is 29.6 Å². The molecule has 0 spiro atoms. The topological polar surface area (TPSA) is 183 Å². The molecule has 1 amide bonds. The summed E-state index contributed by atoms with van der Waals surface area (Å²) in [6, 6.07) is 6.85. The van der Waals surface area contributed by atoms with E-state index in [0.29, 0.717) is 62.8 Å². The molecule has 14 heteroatoms. The number of carbonyl (C=O) groups is 4. The van der Waals surface area contributed by atoms with E-state index in [0.717, 1.165) is 16.5 Å². The lowest BCUT2D eigenvalue weighted by molar-refractivity contribution is -0.302. The van der Waals surface area contributed by atoms with Gasteiger partial charge in [0.2, 0.25) is 5.79 Å². The first-order valence-corrected chi connectivity index (χ1v) is 24.6. The maximum absolute atomic E-state index is 14.5. The van der Waals surface area contributed by atoms with Crippen LogP contribution in [0.15, 0.2) is 66.4 Å². The first-order valence-electron chi connectivity index (χ1n) is 24.6. The van der Waals surface area contributed by atoms with Crippen molar-refractivity contribution in [1.29, 1.82) is 0 Å². The molecule has 4 heterocycles. The minimum atomic E-state index is -2.55. The van der Waals surface area contributed by atoms with Gasteiger partial charge in [-0.1, -0.05) is 45.9 Å². The van der Waals surface area contributed by atoms with Crippen molar-refractivity contribution in [3.8, 4) is 5.75 Å². The lowest BCUT2D eigenvalue weighted by atomic mass is 9.81. The molecule has 6 rings (SSSR count). The molecule has 4 aliphatic rings. The average Bonchev–Trinajstić information content (AvgIpc) is 3.72. The van der Waals surface area contributed by atoms with Crippen molar-refractivity contribution in [2.45, 2.75) is 173 Å². The molecule has 1 aromatic heterocycles. The predicted molar refractivity (Wildman–Crippen MR) is 254 cm³/mol. The van der Waals surface area contributed by atoms with Crippen LogP contribution in [-0.4, -0.2) is 124 Å². The number of rotatable bonds is 9. The first kappa shape index (κ1) is 52.2. The Hall–Kier alpha value is -4.18. The number of carbonyl (C=O) groups excluding carboxylic acids is 4. The van der Waals surface area contributed by atoms with Crippen LogP contribution in [0.25, 0.3) is 10.9 Å². The number of aromatic nitrogens is 1. The van der Waals surface area contributed by atoms with Crippen LogP contribution in [0.3, 0.4) is 0 Å². The Balaban J connectivity index is 1.27. The Morgan fingerprint density at radius 2 is 1.67 bits per heavy atom. The highest BCUT2D eigenvalue weighted by molar-refractivity contribution is 6.39. The van der Waals surface area contributed by atoms with E-state index in [4.69, 9.17) is 23.7 Å². The number of piperidine rings is 1. The smallest absolute Gasteiger partial charge is 0.329 e. The number of cyclic esters (lactones) is 1. The first-order chi connectivity index (χ1) is 31.9. The Kier molecular flexibility index (Phi) is 17.9. The van der Waals surface area contributed by atoms with Gasteiger partial charge >= 0.3 is 5.97 Å². The third-order valence-corrected chi connectivity index (χ3v) is 15.1. The summed E-state index contributed by atoms with van der Waals surface area (Å²) in [7, 11) is 2.98. The lowest BCUT2D eigenvalue weighted by Gasteiger charge is -2.47. The largest absolute Gasteiger partial charge is 0.488 e. The summed E-state index contributed by atoms with van der Waals surface area (Å²) >= 11 is 0. The van der Waals surface area contributed by atoms with E-state index < -0.39 is 90.0 Å². The van der Waals surface area contributed by atoms with Gasteiger partial charge in [0.25, 0.3) is 11.7 Å². The van der Waals surface area contributed by atoms with Gasteiger partial charge in [0.1, 0.15) is 35.9 Å². The van der Waals surface area contributed by atoms with Gasteiger partial charge in [-0.25, -0.2) is 4.79 Å². The number of ether oxygens (including phenoxy) is 5. The number of Topliss-reactive ketones (excluding diaryl/α,β-unsaturated/α-hetero) is 2. The number of allylic oxidation sites excluding steroid dienone is 3. The minimum absolute atomic E-state index is 0.00496. The normalized spacial score (nSPS) is 36.6. The zero-order chi connectivity index (χ0) is 48.7. The highest BCUT2D eigenvalue weighted by Crippen LogP contribution is 2.40. The Labute approximate surface area is 396 Å². The Morgan fingerprint density at radius 3 is 2.36 bits per heavy atom. The van der Waals surface area contributed by atoms with Gasteiger partial charge in [-0.15, -0.1) is 6.58 Å². The summed E-state index contributed by atoms with van der Waals surface area (Å²) in [4.78, 5) is 58.4. The van der Waals surface area contributed by atoms with Gasteiger partial charge in [-0.2, -0.15) is 0 Å². The molecule has 0 radical (unpaired) electrons. The maximum atomic E-state index is 14.5. The Morgan fingerprint density at radius 1 is 0.940 bits per heavy atom. The van der Waals surface area contributed by atoms with Crippen molar-refractivity contribution in [1.82, 2.24) is 9.47 Å². The molecular weight excluding hydrogens is 857 g/mol. The molecule has 1 aromatic carbocycles. The summed E-state index contributed by atoms with van der Waals surface area (Å²) in [5, 5.41) is 36.2. The second kappa shape index (κ2) is 23.0. The number of amides is 1. The summed E-state index contributed by atoms with van der Waals surface area (Å²) in [6.45, 7) is 15.7. The molecule has 14 nitrogen and oxygen atoms in total. The van der Waals surface area contributed by atoms with Crippen LogP contribution in [-0.2, 0) is 44.7 Å². The van der Waals surface area contributed by atoms with E-state index in [1.165, 1.54) is 19.1 Å². The van der Waals surface area contributed by atoms with Crippen LogP contribution in [0.2, 0.25) is 0 Å². The molecule has 14 unspecified atom stereocenters. The van der Waals surface area contributed by atoms with Crippen LogP contribution >= 0.6 is 0 Å². The molecule has 370 valence electrons. The molecule has 1 saturated carbocycles. The van der Waals surface area contributed by atoms with Crippen LogP contribution in [0.4, 0.5) is 0 Å². The second-order valence-electron chi connectivity index (χ2n) is 19.9. The molecule has 2 saturated heterocycles. The number of esters is 1. The number of methoxy groups -OCH3 is 2. The Bertz CT molecular complexity index is 2130. The van der Waals surface area contributed by atoms with Gasteiger partial charge < -0.3 is 48.5 Å². The third-order valence-electron chi connectivity index (χ3n) is 15.1. The average molecular weight is 933 g/mol. The number of hydrogen-bond acceptors (Lipinski definition) is 12. The fraction of sp³-hybridized carbons (Fsp3) is 0.660. The summed E-state index contributed by atoms with van der Waals surface area (Å²) in [5.74, 6) is -6.88. The molecule has 14 atom stereocenters. The number of aliphatic hydroxyl groups is 3. The quantitative estimate of drug-likeness (QED) is 0.133.